The van der Waals surface area contributed by atoms with Gasteiger partial charge in [-0.3, -0.25) is 4.79 Å². The molecule has 1 aliphatic rings. The summed E-state index contributed by atoms with van der Waals surface area (Å²) in [4.78, 5) is 24.8. The summed E-state index contributed by atoms with van der Waals surface area (Å²) in [5.41, 5.74) is 7.04. The van der Waals surface area contributed by atoms with Crippen LogP contribution in [0.2, 0.25) is 0 Å². The Balaban J connectivity index is 1.93. The second-order valence-electron chi connectivity index (χ2n) is 5.09. The zero-order chi connectivity index (χ0) is 15.2. The predicted molar refractivity (Wildman–Crippen MR) is 76.7 cm³/mol. The molecule has 1 amide bonds. The van der Waals surface area contributed by atoms with Crippen LogP contribution >= 0.6 is 0 Å². The van der Waals surface area contributed by atoms with E-state index in [1.54, 1.807) is 0 Å². The minimum atomic E-state index is -1.06. The number of carboxylic acids is 1. The van der Waals surface area contributed by atoms with Crippen molar-refractivity contribution < 1.29 is 19.4 Å². The Hall–Kier alpha value is -1.92. The van der Waals surface area contributed by atoms with Gasteiger partial charge in [0.2, 0.25) is 5.91 Å². The molecule has 0 aliphatic carbocycles. The number of rotatable bonds is 5. The second kappa shape index (κ2) is 7.19. The number of carbonyl (C=O) groups excluding carboxylic acids is 1. The molecule has 3 N–H and O–H groups in total. The van der Waals surface area contributed by atoms with Crippen molar-refractivity contribution in [3.63, 3.8) is 0 Å². The molecule has 2 atom stereocenters. The van der Waals surface area contributed by atoms with Gasteiger partial charge in [0.15, 0.2) is 6.04 Å². The van der Waals surface area contributed by atoms with E-state index < -0.39 is 18.1 Å². The summed E-state index contributed by atoms with van der Waals surface area (Å²) in [6, 6.07) is 8.13. The smallest absolute Gasteiger partial charge is 0.328 e. The van der Waals surface area contributed by atoms with E-state index in [0.29, 0.717) is 19.4 Å². The minimum Gasteiger partial charge on any atom is -0.480 e. The molecule has 2 rings (SSSR count). The minimum absolute atomic E-state index is 0.0203. The normalized spacial score (nSPS) is 20.0. The fraction of sp³-hybridized carbons (Fsp3) is 0.467. The lowest BCUT2D eigenvalue weighted by molar-refractivity contribution is -0.158. The van der Waals surface area contributed by atoms with Crippen LogP contribution in [0.1, 0.15) is 12.0 Å². The standard InChI is InChI=1S/C15H20N2O4/c16-12(7-6-11-4-2-1-3-5-11)14(18)17-8-9-21-10-13(17)15(19)20/h1-5,12-13H,6-10,16H2,(H,19,20). The van der Waals surface area contributed by atoms with Gasteiger partial charge >= 0.3 is 5.97 Å². The molecule has 1 aromatic carbocycles. The molecule has 0 radical (unpaired) electrons. The maximum Gasteiger partial charge on any atom is 0.328 e. The van der Waals surface area contributed by atoms with Gasteiger partial charge in [0.1, 0.15) is 0 Å². The van der Waals surface area contributed by atoms with Gasteiger partial charge in [0.25, 0.3) is 0 Å². The lowest BCUT2D eigenvalue weighted by atomic mass is 10.0. The number of hydrogen-bond donors (Lipinski definition) is 2. The van der Waals surface area contributed by atoms with Crippen molar-refractivity contribution in [2.24, 2.45) is 5.73 Å². The number of aryl methyl sites for hydroxylation is 1. The highest BCUT2D eigenvalue weighted by Crippen LogP contribution is 2.11. The van der Waals surface area contributed by atoms with Crippen LogP contribution in [0.3, 0.4) is 0 Å². The third-order valence-electron chi connectivity index (χ3n) is 3.60. The topological polar surface area (TPSA) is 92.9 Å². The molecule has 114 valence electrons. The van der Waals surface area contributed by atoms with Crippen LogP contribution in [0.25, 0.3) is 0 Å². The monoisotopic (exact) mass is 292 g/mol. The van der Waals surface area contributed by atoms with Crippen LogP contribution in [0.4, 0.5) is 0 Å². The van der Waals surface area contributed by atoms with Crippen molar-refractivity contribution in [2.45, 2.75) is 24.9 Å². The SMILES string of the molecule is NC(CCc1ccccc1)C(=O)N1CCOCC1C(=O)O. The zero-order valence-corrected chi connectivity index (χ0v) is 11.8. The Morgan fingerprint density at radius 1 is 1.38 bits per heavy atom. The molecule has 0 aromatic heterocycles. The summed E-state index contributed by atoms with van der Waals surface area (Å²) in [5.74, 6) is -1.38. The first-order valence-corrected chi connectivity index (χ1v) is 7.00. The maximum absolute atomic E-state index is 12.3. The third kappa shape index (κ3) is 4.03. The Bertz CT molecular complexity index is 492. The Morgan fingerprint density at radius 3 is 2.76 bits per heavy atom. The van der Waals surface area contributed by atoms with Gasteiger partial charge in [-0.05, 0) is 18.4 Å². The molecule has 2 unspecified atom stereocenters. The van der Waals surface area contributed by atoms with Gasteiger partial charge < -0.3 is 20.5 Å². The number of nitrogens with zero attached hydrogens (tertiary/aromatic N) is 1. The van der Waals surface area contributed by atoms with Crippen molar-refractivity contribution in [1.82, 2.24) is 4.90 Å². The average Bonchev–Trinajstić information content (AvgIpc) is 2.52. The van der Waals surface area contributed by atoms with Gasteiger partial charge in [-0.15, -0.1) is 0 Å². The molecule has 1 heterocycles. The van der Waals surface area contributed by atoms with E-state index in [4.69, 9.17) is 15.6 Å². The second-order valence-corrected chi connectivity index (χ2v) is 5.09. The first kappa shape index (κ1) is 15.5. The fourth-order valence-electron chi connectivity index (χ4n) is 2.38. The Morgan fingerprint density at radius 2 is 2.10 bits per heavy atom. The van der Waals surface area contributed by atoms with Crippen LogP contribution in [-0.2, 0) is 20.7 Å². The average molecular weight is 292 g/mol. The molecule has 1 aliphatic heterocycles. The third-order valence-corrected chi connectivity index (χ3v) is 3.60. The highest BCUT2D eigenvalue weighted by molar-refractivity contribution is 5.87. The van der Waals surface area contributed by atoms with Crippen molar-refractivity contribution in [3.8, 4) is 0 Å². The van der Waals surface area contributed by atoms with Crippen LogP contribution in [0.5, 0.6) is 0 Å². The molecule has 21 heavy (non-hydrogen) atoms. The largest absolute Gasteiger partial charge is 0.480 e. The predicted octanol–water partition coefficient (Wildman–Crippen LogP) is 0.258. The molecular formula is C15H20N2O4. The molecule has 1 fully saturated rings. The van der Waals surface area contributed by atoms with Crippen LogP contribution in [0.15, 0.2) is 30.3 Å². The lowest BCUT2D eigenvalue weighted by Crippen LogP contribution is -2.56. The number of ether oxygens (including phenoxy) is 1. The number of benzene rings is 1. The van der Waals surface area contributed by atoms with E-state index in [0.717, 1.165) is 5.56 Å². The number of aliphatic carboxylic acids is 1. The van der Waals surface area contributed by atoms with Crippen LogP contribution < -0.4 is 5.73 Å². The van der Waals surface area contributed by atoms with E-state index in [1.165, 1.54) is 4.90 Å². The van der Waals surface area contributed by atoms with Crippen LogP contribution in [-0.4, -0.2) is 53.7 Å². The van der Waals surface area contributed by atoms with Crippen molar-refractivity contribution in [3.05, 3.63) is 35.9 Å². The highest BCUT2D eigenvalue weighted by atomic mass is 16.5. The van der Waals surface area contributed by atoms with E-state index in [2.05, 4.69) is 0 Å². The van der Waals surface area contributed by atoms with E-state index in [9.17, 15) is 9.59 Å². The molecule has 6 heteroatoms. The quantitative estimate of drug-likeness (QED) is 0.812. The number of morpholine rings is 1. The summed E-state index contributed by atoms with van der Waals surface area (Å²) in [6.07, 6.45) is 1.18. The summed E-state index contributed by atoms with van der Waals surface area (Å²) in [5, 5.41) is 9.13. The molecular weight excluding hydrogens is 272 g/mol. The molecule has 0 saturated carbocycles. The summed E-state index contributed by atoms with van der Waals surface area (Å²) in [7, 11) is 0. The number of nitrogens with two attached hydrogens (primary N) is 1. The molecule has 1 aromatic rings. The summed E-state index contributed by atoms with van der Waals surface area (Å²) >= 11 is 0. The summed E-state index contributed by atoms with van der Waals surface area (Å²) in [6.45, 7) is 0.641. The fourth-order valence-corrected chi connectivity index (χ4v) is 2.38. The Labute approximate surface area is 123 Å². The Kier molecular flexibility index (Phi) is 5.30. The van der Waals surface area contributed by atoms with E-state index in [-0.39, 0.29) is 19.1 Å². The maximum atomic E-state index is 12.3. The zero-order valence-electron chi connectivity index (χ0n) is 11.8. The van der Waals surface area contributed by atoms with Gasteiger partial charge in [0.05, 0.1) is 19.3 Å². The van der Waals surface area contributed by atoms with Gasteiger partial charge in [-0.1, -0.05) is 30.3 Å². The number of amides is 1. The highest BCUT2D eigenvalue weighted by Gasteiger charge is 2.34. The first-order valence-electron chi connectivity index (χ1n) is 7.00. The number of carboxylic acid groups (broad SMARTS) is 1. The number of hydrogen-bond acceptors (Lipinski definition) is 4. The summed E-state index contributed by atoms with van der Waals surface area (Å²) < 4.78 is 5.12. The van der Waals surface area contributed by atoms with Crippen molar-refractivity contribution >= 4 is 11.9 Å². The van der Waals surface area contributed by atoms with Gasteiger partial charge in [-0.2, -0.15) is 0 Å². The van der Waals surface area contributed by atoms with Crippen molar-refractivity contribution in [2.75, 3.05) is 19.8 Å². The molecule has 0 spiro atoms. The van der Waals surface area contributed by atoms with Crippen LogP contribution in [0, 0.1) is 0 Å². The van der Waals surface area contributed by atoms with Gasteiger partial charge in [0, 0.05) is 6.54 Å². The lowest BCUT2D eigenvalue weighted by Gasteiger charge is -2.34. The van der Waals surface area contributed by atoms with Gasteiger partial charge in [-0.25, -0.2) is 4.79 Å². The first-order chi connectivity index (χ1) is 10.1. The molecule has 1 saturated heterocycles. The molecule has 0 bridgehead atoms. The van der Waals surface area contributed by atoms with E-state index >= 15 is 0 Å². The van der Waals surface area contributed by atoms with E-state index in [1.807, 2.05) is 30.3 Å². The van der Waals surface area contributed by atoms with Crippen molar-refractivity contribution in [1.29, 1.82) is 0 Å². The molecule has 6 nitrogen and oxygen atoms in total. The number of carbonyl (C=O) groups is 2.